The highest BCUT2D eigenvalue weighted by atomic mass is 16.2. The van der Waals surface area contributed by atoms with E-state index in [1.165, 1.54) is 18.4 Å². The standard InChI is InChI=1S/C15H19N3O/c1-9(2)10-3-5-11(6-4-10)13-14(19)18-15(17-13)16-12-7-8-12/h3-6,9,12-13H,7-8H2,1-2H3,(H2,16,17,18,19). The van der Waals surface area contributed by atoms with Gasteiger partial charge in [-0.1, -0.05) is 38.1 Å². The van der Waals surface area contributed by atoms with E-state index in [2.05, 4.69) is 41.6 Å². The first-order chi connectivity index (χ1) is 9.13. The molecular weight excluding hydrogens is 238 g/mol. The predicted octanol–water partition coefficient (Wildman–Crippen LogP) is 2.09. The first-order valence-corrected chi connectivity index (χ1v) is 6.88. The molecule has 1 aromatic carbocycles. The second-order valence-corrected chi connectivity index (χ2v) is 5.61. The van der Waals surface area contributed by atoms with Gasteiger partial charge in [0.15, 0.2) is 12.0 Å². The minimum Gasteiger partial charge on any atom is -0.353 e. The lowest BCUT2D eigenvalue weighted by atomic mass is 9.99. The molecule has 1 atom stereocenters. The van der Waals surface area contributed by atoms with Crippen molar-refractivity contribution in [3.05, 3.63) is 35.4 Å². The van der Waals surface area contributed by atoms with Crippen molar-refractivity contribution < 1.29 is 4.79 Å². The summed E-state index contributed by atoms with van der Waals surface area (Å²) < 4.78 is 0. The number of rotatable bonds is 3. The Morgan fingerprint density at radius 3 is 2.53 bits per heavy atom. The molecular formula is C15H19N3O. The van der Waals surface area contributed by atoms with Crippen molar-refractivity contribution in [2.75, 3.05) is 0 Å². The normalized spacial score (nSPS) is 22.4. The molecule has 0 spiro atoms. The van der Waals surface area contributed by atoms with Crippen molar-refractivity contribution in [3.63, 3.8) is 0 Å². The molecule has 19 heavy (non-hydrogen) atoms. The summed E-state index contributed by atoms with van der Waals surface area (Å²) in [4.78, 5) is 16.4. The van der Waals surface area contributed by atoms with Crippen LogP contribution in [0.15, 0.2) is 29.3 Å². The zero-order chi connectivity index (χ0) is 13.4. The van der Waals surface area contributed by atoms with Gasteiger partial charge in [-0.05, 0) is 29.9 Å². The number of carbonyl (C=O) groups excluding carboxylic acids is 1. The molecule has 1 unspecified atom stereocenters. The fourth-order valence-corrected chi connectivity index (χ4v) is 2.19. The second-order valence-electron chi connectivity index (χ2n) is 5.61. The van der Waals surface area contributed by atoms with Crippen LogP contribution in [0.25, 0.3) is 0 Å². The van der Waals surface area contributed by atoms with Gasteiger partial charge in [0.2, 0.25) is 0 Å². The molecule has 0 radical (unpaired) electrons. The number of aliphatic imine (C=N–C) groups is 1. The monoisotopic (exact) mass is 257 g/mol. The highest BCUT2D eigenvalue weighted by Crippen LogP contribution is 2.25. The summed E-state index contributed by atoms with van der Waals surface area (Å²) in [6, 6.07) is 8.26. The number of carbonyl (C=O) groups is 1. The van der Waals surface area contributed by atoms with Crippen LogP contribution in [0, 0.1) is 0 Å². The van der Waals surface area contributed by atoms with Crippen LogP contribution in [0.3, 0.4) is 0 Å². The fraction of sp³-hybridized carbons (Fsp3) is 0.467. The summed E-state index contributed by atoms with van der Waals surface area (Å²) in [5, 5.41) is 6.04. The molecule has 0 saturated heterocycles. The lowest BCUT2D eigenvalue weighted by Gasteiger charge is -2.08. The van der Waals surface area contributed by atoms with Gasteiger partial charge in [-0.3, -0.25) is 10.1 Å². The third kappa shape index (κ3) is 2.62. The molecule has 1 saturated carbocycles. The number of amides is 1. The predicted molar refractivity (Wildman–Crippen MR) is 75.0 cm³/mol. The molecule has 4 heteroatoms. The van der Waals surface area contributed by atoms with E-state index in [0.29, 0.717) is 17.9 Å². The van der Waals surface area contributed by atoms with Crippen LogP contribution < -0.4 is 10.6 Å². The molecule has 2 N–H and O–H groups in total. The van der Waals surface area contributed by atoms with Crippen LogP contribution in [0.4, 0.5) is 0 Å². The minimum absolute atomic E-state index is 0.0413. The van der Waals surface area contributed by atoms with Gasteiger partial charge in [0.1, 0.15) is 0 Å². The average molecular weight is 257 g/mol. The Morgan fingerprint density at radius 2 is 1.95 bits per heavy atom. The highest BCUT2D eigenvalue weighted by Gasteiger charge is 2.31. The number of hydrogen-bond acceptors (Lipinski definition) is 3. The summed E-state index contributed by atoms with van der Waals surface area (Å²) in [7, 11) is 0. The van der Waals surface area contributed by atoms with E-state index >= 15 is 0 Å². The third-order valence-electron chi connectivity index (χ3n) is 3.59. The average Bonchev–Trinajstić information content (AvgIpc) is 3.12. The molecule has 1 aliphatic carbocycles. The van der Waals surface area contributed by atoms with Crippen molar-refractivity contribution in [3.8, 4) is 0 Å². The van der Waals surface area contributed by atoms with Crippen molar-refractivity contribution in [1.82, 2.24) is 10.6 Å². The van der Waals surface area contributed by atoms with E-state index in [1.807, 2.05) is 12.1 Å². The van der Waals surface area contributed by atoms with E-state index in [9.17, 15) is 4.79 Å². The Hall–Kier alpha value is -1.84. The van der Waals surface area contributed by atoms with Crippen molar-refractivity contribution in [2.24, 2.45) is 4.99 Å². The van der Waals surface area contributed by atoms with Crippen LogP contribution in [-0.4, -0.2) is 17.9 Å². The molecule has 1 aromatic rings. The molecule has 3 rings (SSSR count). The fourth-order valence-electron chi connectivity index (χ4n) is 2.19. The first-order valence-electron chi connectivity index (χ1n) is 6.88. The molecule has 4 nitrogen and oxygen atoms in total. The Bertz CT molecular complexity index is 515. The maximum atomic E-state index is 11.9. The number of nitrogens with one attached hydrogen (secondary N) is 2. The SMILES string of the molecule is CC(C)c1ccc(C2N=C(NC3CC3)NC2=O)cc1. The summed E-state index contributed by atoms with van der Waals surface area (Å²) >= 11 is 0. The Kier molecular flexibility index (Phi) is 3.01. The number of hydrogen-bond donors (Lipinski definition) is 2. The van der Waals surface area contributed by atoms with Gasteiger partial charge in [-0.15, -0.1) is 0 Å². The van der Waals surface area contributed by atoms with Crippen LogP contribution in [0.2, 0.25) is 0 Å². The largest absolute Gasteiger partial charge is 0.353 e. The van der Waals surface area contributed by atoms with Crippen LogP contribution in [-0.2, 0) is 4.79 Å². The number of benzene rings is 1. The van der Waals surface area contributed by atoms with E-state index in [4.69, 9.17) is 0 Å². The summed E-state index contributed by atoms with van der Waals surface area (Å²) in [6.45, 7) is 4.32. The van der Waals surface area contributed by atoms with Gasteiger partial charge in [-0.2, -0.15) is 0 Å². The Morgan fingerprint density at radius 1 is 1.26 bits per heavy atom. The summed E-state index contributed by atoms with van der Waals surface area (Å²) in [5.74, 6) is 1.09. The van der Waals surface area contributed by atoms with Crippen LogP contribution >= 0.6 is 0 Å². The second kappa shape index (κ2) is 4.68. The lowest BCUT2D eigenvalue weighted by molar-refractivity contribution is -0.120. The van der Waals surface area contributed by atoms with Gasteiger partial charge in [0.25, 0.3) is 5.91 Å². The van der Waals surface area contributed by atoms with E-state index in [1.54, 1.807) is 0 Å². The summed E-state index contributed by atoms with van der Waals surface area (Å²) in [6.07, 6.45) is 2.34. The van der Waals surface area contributed by atoms with Gasteiger partial charge in [-0.25, -0.2) is 4.99 Å². The third-order valence-corrected chi connectivity index (χ3v) is 3.59. The topological polar surface area (TPSA) is 53.5 Å². The smallest absolute Gasteiger partial charge is 0.256 e. The maximum Gasteiger partial charge on any atom is 0.256 e. The molecule has 1 heterocycles. The van der Waals surface area contributed by atoms with Crippen molar-refractivity contribution in [2.45, 2.75) is 44.7 Å². The molecule has 1 fully saturated rings. The lowest BCUT2D eigenvalue weighted by Crippen LogP contribution is -2.37. The van der Waals surface area contributed by atoms with Gasteiger partial charge in [0, 0.05) is 6.04 Å². The quantitative estimate of drug-likeness (QED) is 0.871. The van der Waals surface area contributed by atoms with Crippen molar-refractivity contribution >= 4 is 11.9 Å². The van der Waals surface area contributed by atoms with E-state index < -0.39 is 6.04 Å². The molecule has 100 valence electrons. The van der Waals surface area contributed by atoms with E-state index in [-0.39, 0.29) is 5.91 Å². The maximum absolute atomic E-state index is 11.9. The van der Waals surface area contributed by atoms with Gasteiger partial charge in [0.05, 0.1) is 0 Å². The minimum atomic E-state index is -0.400. The number of nitrogens with zero attached hydrogens (tertiary/aromatic N) is 1. The molecule has 1 aliphatic heterocycles. The zero-order valence-electron chi connectivity index (χ0n) is 11.3. The van der Waals surface area contributed by atoms with Crippen LogP contribution in [0.5, 0.6) is 0 Å². The highest BCUT2D eigenvalue weighted by molar-refractivity contribution is 6.05. The molecule has 1 amide bonds. The first kappa shape index (κ1) is 12.2. The molecule has 2 aliphatic rings. The van der Waals surface area contributed by atoms with Gasteiger partial charge >= 0.3 is 0 Å². The van der Waals surface area contributed by atoms with E-state index in [0.717, 1.165) is 5.56 Å². The summed E-state index contributed by atoms with van der Waals surface area (Å²) in [5.41, 5.74) is 2.23. The van der Waals surface area contributed by atoms with Gasteiger partial charge < -0.3 is 5.32 Å². The van der Waals surface area contributed by atoms with Crippen molar-refractivity contribution in [1.29, 1.82) is 0 Å². The Balaban J connectivity index is 1.76. The molecule has 0 bridgehead atoms. The van der Waals surface area contributed by atoms with Crippen LogP contribution in [0.1, 0.15) is 49.8 Å². The number of guanidine groups is 1. The zero-order valence-corrected chi connectivity index (χ0v) is 11.3. The molecule has 0 aromatic heterocycles. The Labute approximate surface area is 113 Å².